The lowest BCUT2D eigenvalue weighted by atomic mass is 10.0. The first kappa shape index (κ1) is 12.5. The van der Waals surface area contributed by atoms with Gasteiger partial charge in [0.15, 0.2) is 0 Å². The van der Waals surface area contributed by atoms with Gasteiger partial charge < -0.3 is 4.74 Å². The van der Waals surface area contributed by atoms with E-state index in [-0.39, 0.29) is 11.9 Å². The Morgan fingerprint density at radius 1 is 1.53 bits per heavy atom. The summed E-state index contributed by atoms with van der Waals surface area (Å²) in [5, 5.41) is 0. The Labute approximate surface area is 92.8 Å². The molecule has 15 heavy (non-hydrogen) atoms. The van der Waals surface area contributed by atoms with Crippen LogP contribution in [0, 0.1) is 11.8 Å². The predicted molar refractivity (Wildman–Crippen MR) is 60.6 cm³/mol. The van der Waals surface area contributed by atoms with Crippen LogP contribution in [0.25, 0.3) is 0 Å². The fourth-order valence-corrected chi connectivity index (χ4v) is 2.26. The van der Waals surface area contributed by atoms with Crippen molar-refractivity contribution in [3.05, 3.63) is 0 Å². The summed E-state index contributed by atoms with van der Waals surface area (Å²) >= 11 is 0. The van der Waals surface area contributed by atoms with Crippen LogP contribution >= 0.6 is 0 Å². The molecule has 1 aliphatic rings. The fraction of sp³-hybridized carbons (Fsp3) is 0.917. The molecule has 0 amide bonds. The van der Waals surface area contributed by atoms with Gasteiger partial charge in [0.05, 0.1) is 13.0 Å². The molecule has 0 aromatic heterocycles. The standard InChI is InChI=1S/C12H23NO2/c1-5-11-6-7-13(8-11)10(3)9(2)12(14)15-4/h9-11H,5-8H2,1-4H3. The highest BCUT2D eigenvalue weighted by Crippen LogP contribution is 2.24. The predicted octanol–water partition coefficient (Wildman–Crippen LogP) is 1.92. The molecule has 88 valence electrons. The maximum absolute atomic E-state index is 11.4. The van der Waals surface area contributed by atoms with E-state index in [2.05, 4.69) is 18.7 Å². The Kier molecular flexibility index (Phi) is 4.58. The molecule has 1 rings (SSSR count). The number of nitrogens with zero attached hydrogens (tertiary/aromatic N) is 1. The van der Waals surface area contributed by atoms with Gasteiger partial charge in [0.2, 0.25) is 0 Å². The smallest absolute Gasteiger partial charge is 0.309 e. The Morgan fingerprint density at radius 3 is 2.67 bits per heavy atom. The SMILES string of the molecule is CCC1CCN(C(C)C(C)C(=O)OC)C1. The third-order valence-electron chi connectivity index (χ3n) is 3.77. The Balaban J connectivity index is 2.47. The molecular formula is C12H23NO2. The zero-order valence-electron chi connectivity index (χ0n) is 10.3. The summed E-state index contributed by atoms with van der Waals surface area (Å²) in [6.07, 6.45) is 2.52. The number of hydrogen-bond acceptors (Lipinski definition) is 3. The quantitative estimate of drug-likeness (QED) is 0.668. The second kappa shape index (κ2) is 5.50. The molecule has 1 heterocycles. The topological polar surface area (TPSA) is 29.5 Å². The zero-order chi connectivity index (χ0) is 11.4. The van der Waals surface area contributed by atoms with Gasteiger partial charge in [0.1, 0.15) is 0 Å². The van der Waals surface area contributed by atoms with E-state index >= 15 is 0 Å². The van der Waals surface area contributed by atoms with Crippen molar-refractivity contribution in [2.45, 2.75) is 39.7 Å². The van der Waals surface area contributed by atoms with E-state index in [4.69, 9.17) is 4.74 Å². The first-order chi connectivity index (χ1) is 7.10. The lowest BCUT2D eigenvalue weighted by Gasteiger charge is -2.28. The van der Waals surface area contributed by atoms with Gasteiger partial charge >= 0.3 is 5.97 Å². The summed E-state index contributed by atoms with van der Waals surface area (Å²) in [5.74, 6) is 0.699. The summed E-state index contributed by atoms with van der Waals surface area (Å²) in [7, 11) is 1.46. The first-order valence-electron chi connectivity index (χ1n) is 5.92. The number of likely N-dealkylation sites (tertiary alicyclic amines) is 1. The van der Waals surface area contributed by atoms with E-state index in [1.165, 1.54) is 20.0 Å². The van der Waals surface area contributed by atoms with E-state index in [0.29, 0.717) is 6.04 Å². The molecule has 0 bridgehead atoms. The Bertz CT molecular complexity index is 218. The van der Waals surface area contributed by atoms with E-state index in [9.17, 15) is 4.79 Å². The molecule has 1 aliphatic heterocycles. The molecule has 3 heteroatoms. The fourth-order valence-electron chi connectivity index (χ4n) is 2.26. The minimum atomic E-state index is -0.0950. The van der Waals surface area contributed by atoms with Crippen LogP contribution in [0.4, 0.5) is 0 Å². The molecule has 0 spiro atoms. The second-order valence-corrected chi connectivity index (χ2v) is 4.61. The van der Waals surface area contributed by atoms with Gasteiger partial charge in [-0.25, -0.2) is 0 Å². The van der Waals surface area contributed by atoms with Gasteiger partial charge in [-0.2, -0.15) is 0 Å². The lowest BCUT2D eigenvalue weighted by molar-refractivity contribution is -0.146. The number of carbonyl (C=O) groups is 1. The summed E-state index contributed by atoms with van der Waals surface area (Å²) in [4.78, 5) is 13.8. The number of ether oxygens (including phenoxy) is 1. The van der Waals surface area contributed by atoms with Crippen molar-refractivity contribution < 1.29 is 9.53 Å². The highest BCUT2D eigenvalue weighted by Gasteiger charge is 2.30. The summed E-state index contributed by atoms with van der Waals surface area (Å²) < 4.78 is 4.78. The van der Waals surface area contributed by atoms with Crippen molar-refractivity contribution in [1.29, 1.82) is 0 Å². The number of carbonyl (C=O) groups excluding carboxylic acids is 1. The maximum atomic E-state index is 11.4. The van der Waals surface area contributed by atoms with E-state index in [1.54, 1.807) is 0 Å². The Morgan fingerprint density at radius 2 is 2.20 bits per heavy atom. The van der Waals surface area contributed by atoms with Gasteiger partial charge in [-0.05, 0) is 25.8 Å². The van der Waals surface area contributed by atoms with Crippen molar-refractivity contribution in [3.8, 4) is 0 Å². The number of rotatable bonds is 4. The largest absolute Gasteiger partial charge is 0.469 e. The molecule has 3 atom stereocenters. The van der Waals surface area contributed by atoms with Crippen LogP contribution in [0.15, 0.2) is 0 Å². The van der Waals surface area contributed by atoms with Crippen LogP contribution in [0.5, 0.6) is 0 Å². The molecule has 3 nitrogen and oxygen atoms in total. The molecule has 0 N–H and O–H groups in total. The highest BCUT2D eigenvalue weighted by molar-refractivity contribution is 5.72. The normalized spacial score (nSPS) is 26.3. The van der Waals surface area contributed by atoms with Gasteiger partial charge in [0, 0.05) is 12.6 Å². The minimum absolute atomic E-state index is 0.0226. The average Bonchev–Trinajstić information content (AvgIpc) is 2.74. The number of methoxy groups -OCH3 is 1. The van der Waals surface area contributed by atoms with Crippen molar-refractivity contribution in [2.24, 2.45) is 11.8 Å². The molecule has 0 aliphatic carbocycles. The van der Waals surface area contributed by atoms with Crippen molar-refractivity contribution >= 4 is 5.97 Å². The van der Waals surface area contributed by atoms with Crippen LogP contribution in [-0.4, -0.2) is 37.1 Å². The van der Waals surface area contributed by atoms with E-state index < -0.39 is 0 Å². The Hall–Kier alpha value is -0.570. The van der Waals surface area contributed by atoms with Crippen LogP contribution in [0.3, 0.4) is 0 Å². The monoisotopic (exact) mass is 213 g/mol. The third-order valence-corrected chi connectivity index (χ3v) is 3.77. The molecule has 1 saturated heterocycles. The molecule has 0 radical (unpaired) electrons. The summed E-state index contributed by atoms with van der Waals surface area (Å²) in [6.45, 7) is 8.58. The van der Waals surface area contributed by atoms with E-state index in [0.717, 1.165) is 19.0 Å². The summed E-state index contributed by atoms with van der Waals surface area (Å²) in [5.41, 5.74) is 0. The second-order valence-electron chi connectivity index (χ2n) is 4.61. The van der Waals surface area contributed by atoms with Crippen LogP contribution in [0.2, 0.25) is 0 Å². The van der Waals surface area contributed by atoms with Crippen molar-refractivity contribution in [2.75, 3.05) is 20.2 Å². The third kappa shape index (κ3) is 2.94. The zero-order valence-corrected chi connectivity index (χ0v) is 10.3. The van der Waals surface area contributed by atoms with Gasteiger partial charge in [0.25, 0.3) is 0 Å². The van der Waals surface area contributed by atoms with Crippen LogP contribution < -0.4 is 0 Å². The molecule has 3 unspecified atom stereocenters. The number of esters is 1. The number of hydrogen-bond donors (Lipinski definition) is 0. The molecular weight excluding hydrogens is 190 g/mol. The highest BCUT2D eigenvalue weighted by atomic mass is 16.5. The van der Waals surface area contributed by atoms with Crippen LogP contribution in [0.1, 0.15) is 33.6 Å². The van der Waals surface area contributed by atoms with Gasteiger partial charge in [-0.1, -0.05) is 20.3 Å². The lowest BCUT2D eigenvalue weighted by Crippen LogP contribution is -2.39. The van der Waals surface area contributed by atoms with Gasteiger partial charge in [-0.15, -0.1) is 0 Å². The molecule has 0 saturated carbocycles. The van der Waals surface area contributed by atoms with Crippen molar-refractivity contribution in [3.63, 3.8) is 0 Å². The van der Waals surface area contributed by atoms with Crippen molar-refractivity contribution in [1.82, 2.24) is 4.90 Å². The summed E-state index contributed by atoms with van der Waals surface area (Å²) in [6, 6.07) is 0.300. The van der Waals surface area contributed by atoms with Crippen LogP contribution in [-0.2, 0) is 9.53 Å². The van der Waals surface area contributed by atoms with E-state index in [1.807, 2.05) is 6.92 Å². The molecule has 0 aromatic rings. The first-order valence-corrected chi connectivity index (χ1v) is 5.92. The van der Waals surface area contributed by atoms with Gasteiger partial charge in [-0.3, -0.25) is 9.69 Å². The molecule has 1 fully saturated rings. The minimum Gasteiger partial charge on any atom is -0.469 e. The molecule has 0 aromatic carbocycles. The average molecular weight is 213 g/mol. The maximum Gasteiger partial charge on any atom is 0.309 e.